The number of hydrogen-bond acceptors (Lipinski definition) is 5. The van der Waals surface area contributed by atoms with Crippen molar-refractivity contribution in [3.8, 4) is 5.75 Å². The number of hydrogen-bond donors (Lipinski definition) is 3. The summed E-state index contributed by atoms with van der Waals surface area (Å²) in [5.41, 5.74) is 5.38. The number of carbonyl (C=O) groups excluding carboxylic acids is 2. The number of rotatable bonds is 4. The van der Waals surface area contributed by atoms with Crippen molar-refractivity contribution < 1.29 is 19.1 Å². The quantitative estimate of drug-likeness (QED) is 0.447. The molecule has 1 aliphatic rings. The van der Waals surface area contributed by atoms with Gasteiger partial charge in [-0.15, -0.1) is 0 Å². The predicted molar refractivity (Wildman–Crippen MR) is 123 cm³/mol. The van der Waals surface area contributed by atoms with Crippen molar-refractivity contribution >= 4 is 46.4 Å². The van der Waals surface area contributed by atoms with E-state index in [4.69, 9.17) is 27.6 Å². The molecular weight excluding hydrogens is 453 g/mol. The number of fused-ring (bicyclic) bond motifs is 1. The lowest BCUT2D eigenvalue weighted by Gasteiger charge is -2.13. The van der Waals surface area contributed by atoms with Crippen molar-refractivity contribution in [3.63, 3.8) is 0 Å². The van der Waals surface area contributed by atoms with E-state index in [-0.39, 0.29) is 11.5 Å². The van der Waals surface area contributed by atoms with Gasteiger partial charge in [0.15, 0.2) is 5.76 Å². The molecule has 2 amide bonds. The van der Waals surface area contributed by atoms with E-state index in [1.165, 1.54) is 24.3 Å². The topological polar surface area (TPSA) is 104 Å². The zero-order chi connectivity index (χ0) is 22.8. The second kappa shape index (κ2) is 9.06. The number of phenols is 1. The molecule has 1 aromatic heterocycles. The van der Waals surface area contributed by atoms with Crippen molar-refractivity contribution in [1.29, 1.82) is 0 Å². The number of halogens is 2. The van der Waals surface area contributed by atoms with Gasteiger partial charge in [0.1, 0.15) is 11.5 Å². The minimum atomic E-state index is -0.428. The van der Waals surface area contributed by atoms with E-state index in [1.54, 1.807) is 25.1 Å². The fourth-order valence-electron chi connectivity index (χ4n) is 3.61. The highest BCUT2D eigenvalue weighted by Gasteiger charge is 2.28. The van der Waals surface area contributed by atoms with Crippen molar-refractivity contribution in [2.24, 2.45) is 5.10 Å². The lowest BCUT2D eigenvalue weighted by Crippen LogP contribution is -2.22. The molecule has 1 heterocycles. The van der Waals surface area contributed by atoms with Gasteiger partial charge < -0.3 is 14.8 Å². The highest BCUT2D eigenvalue weighted by Crippen LogP contribution is 2.31. The molecule has 164 valence electrons. The molecular formula is C23H19Cl2N3O4. The van der Waals surface area contributed by atoms with E-state index >= 15 is 0 Å². The summed E-state index contributed by atoms with van der Waals surface area (Å²) in [5.74, 6) is 0.0696. The van der Waals surface area contributed by atoms with Crippen LogP contribution >= 0.6 is 23.2 Å². The standard InChI is InChI=1S/C23H19Cl2N3O4/c1-12-20-18(27-28-22(30)13-5-7-17(29)8-6-13)3-2-4-19(20)32-21(12)23(31)26-16-10-14(24)9-15(25)11-16/h5-11,29H,2-4H2,1H3,(H,26,31)(H,28,30)/b27-18+. The number of furan rings is 1. The molecule has 32 heavy (non-hydrogen) atoms. The van der Waals surface area contributed by atoms with Gasteiger partial charge in [-0.2, -0.15) is 5.10 Å². The van der Waals surface area contributed by atoms with Crippen LogP contribution in [-0.2, 0) is 6.42 Å². The lowest BCUT2D eigenvalue weighted by molar-refractivity contribution is 0.0953. The van der Waals surface area contributed by atoms with E-state index in [0.717, 1.165) is 12.0 Å². The maximum Gasteiger partial charge on any atom is 0.291 e. The van der Waals surface area contributed by atoms with Crippen LogP contribution in [0.15, 0.2) is 52.0 Å². The van der Waals surface area contributed by atoms with Crippen molar-refractivity contribution in [2.75, 3.05) is 5.32 Å². The first-order valence-corrected chi connectivity index (χ1v) is 10.6. The molecule has 9 heteroatoms. The van der Waals surface area contributed by atoms with Crippen LogP contribution in [0.3, 0.4) is 0 Å². The van der Waals surface area contributed by atoms with Gasteiger partial charge in [0.05, 0.1) is 5.71 Å². The second-order valence-corrected chi connectivity index (χ2v) is 8.24. The first-order valence-electron chi connectivity index (χ1n) is 9.88. The van der Waals surface area contributed by atoms with Crippen LogP contribution in [0, 0.1) is 6.92 Å². The van der Waals surface area contributed by atoms with Crippen LogP contribution in [0.2, 0.25) is 10.0 Å². The Kier molecular flexibility index (Phi) is 6.21. The monoisotopic (exact) mass is 471 g/mol. The van der Waals surface area contributed by atoms with Gasteiger partial charge in [-0.1, -0.05) is 23.2 Å². The Morgan fingerprint density at radius 1 is 1.03 bits per heavy atom. The number of carbonyl (C=O) groups is 2. The third-order valence-electron chi connectivity index (χ3n) is 5.07. The third kappa shape index (κ3) is 4.64. The summed E-state index contributed by atoms with van der Waals surface area (Å²) in [5, 5.41) is 17.2. The Bertz CT molecular complexity index is 1210. The van der Waals surface area contributed by atoms with E-state index in [9.17, 15) is 14.7 Å². The maximum absolute atomic E-state index is 12.8. The van der Waals surface area contributed by atoms with Gasteiger partial charge in [0.2, 0.25) is 0 Å². The molecule has 1 aliphatic carbocycles. The second-order valence-electron chi connectivity index (χ2n) is 7.37. The number of hydrazone groups is 1. The Labute approximate surface area is 194 Å². The minimum absolute atomic E-state index is 0.0738. The molecule has 0 spiro atoms. The van der Waals surface area contributed by atoms with Crippen LogP contribution in [0.25, 0.3) is 0 Å². The van der Waals surface area contributed by atoms with Gasteiger partial charge in [-0.25, -0.2) is 5.43 Å². The number of phenolic OH excluding ortho intramolecular Hbond substituents is 1. The molecule has 0 unspecified atom stereocenters. The van der Waals surface area contributed by atoms with Crippen LogP contribution in [-0.4, -0.2) is 22.6 Å². The lowest BCUT2D eigenvalue weighted by atomic mass is 9.93. The molecule has 0 atom stereocenters. The summed E-state index contributed by atoms with van der Waals surface area (Å²) < 4.78 is 5.87. The Balaban J connectivity index is 1.57. The van der Waals surface area contributed by atoms with E-state index < -0.39 is 11.8 Å². The van der Waals surface area contributed by atoms with Crippen LogP contribution < -0.4 is 10.7 Å². The smallest absolute Gasteiger partial charge is 0.291 e. The number of amides is 2. The van der Waals surface area contributed by atoms with Crippen molar-refractivity contribution in [1.82, 2.24) is 5.43 Å². The molecule has 4 rings (SSSR count). The van der Waals surface area contributed by atoms with Gasteiger partial charge in [-0.3, -0.25) is 9.59 Å². The largest absolute Gasteiger partial charge is 0.508 e. The number of anilines is 1. The van der Waals surface area contributed by atoms with E-state index in [2.05, 4.69) is 15.8 Å². The Morgan fingerprint density at radius 3 is 2.41 bits per heavy atom. The summed E-state index contributed by atoms with van der Waals surface area (Å²) in [6.45, 7) is 1.78. The average Bonchev–Trinajstić information content (AvgIpc) is 3.09. The predicted octanol–water partition coefficient (Wildman–Crippen LogP) is 5.32. The molecule has 0 saturated heterocycles. The number of aryl methyl sites for hydroxylation is 1. The minimum Gasteiger partial charge on any atom is -0.508 e. The SMILES string of the molecule is Cc1c(C(=O)Nc2cc(Cl)cc(Cl)c2)oc2c1/C(=N/NC(=O)c1ccc(O)cc1)CCC2. The normalized spacial score (nSPS) is 14.2. The van der Waals surface area contributed by atoms with Crippen LogP contribution in [0.5, 0.6) is 5.75 Å². The first kappa shape index (κ1) is 21.9. The number of benzene rings is 2. The summed E-state index contributed by atoms with van der Waals surface area (Å²) >= 11 is 12.0. The van der Waals surface area contributed by atoms with Crippen molar-refractivity contribution in [3.05, 3.63) is 80.7 Å². The zero-order valence-electron chi connectivity index (χ0n) is 17.0. The number of aromatic hydroxyl groups is 1. The summed E-state index contributed by atoms with van der Waals surface area (Å²) in [4.78, 5) is 25.2. The molecule has 3 N–H and O–H groups in total. The van der Waals surface area contributed by atoms with Gasteiger partial charge in [0, 0.05) is 38.8 Å². The molecule has 2 aromatic carbocycles. The fraction of sp³-hybridized carbons (Fsp3) is 0.174. The van der Waals surface area contributed by atoms with E-state index in [0.29, 0.717) is 51.2 Å². The van der Waals surface area contributed by atoms with Crippen molar-refractivity contribution in [2.45, 2.75) is 26.2 Å². The summed E-state index contributed by atoms with van der Waals surface area (Å²) in [6.07, 6.45) is 2.07. The van der Waals surface area contributed by atoms with Gasteiger partial charge >= 0.3 is 0 Å². The highest BCUT2D eigenvalue weighted by atomic mass is 35.5. The third-order valence-corrected chi connectivity index (χ3v) is 5.51. The van der Waals surface area contributed by atoms with Crippen LogP contribution in [0.1, 0.15) is 50.6 Å². The summed E-state index contributed by atoms with van der Waals surface area (Å²) in [6, 6.07) is 10.6. The molecule has 0 radical (unpaired) electrons. The highest BCUT2D eigenvalue weighted by molar-refractivity contribution is 6.35. The molecule has 0 bridgehead atoms. The first-order chi connectivity index (χ1) is 15.3. The molecule has 0 aliphatic heterocycles. The van der Waals surface area contributed by atoms with Gasteiger partial charge in [-0.05, 0) is 62.2 Å². The maximum atomic E-state index is 12.8. The summed E-state index contributed by atoms with van der Waals surface area (Å²) in [7, 11) is 0. The molecule has 0 fully saturated rings. The average molecular weight is 472 g/mol. The molecule has 7 nitrogen and oxygen atoms in total. The zero-order valence-corrected chi connectivity index (χ0v) is 18.5. The number of nitrogens with zero attached hydrogens (tertiary/aromatic N) is 1. The van der Waals surface area contributed by atoms with Crippen LogP contribution in [0.4, 0.5) is 5.69 Å². The fourth-order valence-corrected chi connectivity index (χ4v) is 4.13. The Morgan fingerprint density at radius 2 is 1.72 bits per heavy atom. The van der Waals surface area contributed by atoms with Gasteiger partial charge in [0.25, 0.3) is 11.8 Å². The Hall–Kier alpha value is -3.29. The molecule has 3 aromatic rings. The molecule has 0 saturated carbocycles. The van der Waals surface area contributed by atoms with E-state index in [1.807, 2.05) is 0 Å². The number of nitrogens with one attached hydrogen (secondary N) is 2.